The number of carbonyl (C=O) groups excluding carboxylic acids is 3. The lowest BCUT2D eigenvalue weighted by Gasteiger charge is -2.25. The molecule has 0 unspecified atom stereocenters. The van der Waals surface area contributed by atoms with Gasteiger partial charge in [0.1, 0.15) is 12.1 Å². The van der Waals surface area contributed by atoms with Gasteiger partial charge in [-0.25, -0.2) is 4.79 Å². The maximum absolute atomic E-state index is 13.4. The fraction of sp³-hybridized carbons (Fsp3) is 0.286. The quantitative estimate of drug-likeness (QED) is 0.726. The Balaban J connectivity index is 1.82. The highest BCUT2D eigenvalue weighted by atomic mass is 19.4. The van der Waals surface area contributed by atoms with Crippen LogP contribution in [0.3, 0.4) is 0 Å². The number of nitrogens with one attached hydrogen (secondary N) is 2. The van der Waals surface area contributed by atoms with Crippen LogP contribution in [0.1, 0.15) is 30.5 Å². The molecule has 0 bridgehead atoms. The van der Waals surface area contributed by atoms with E-state index < -0.39 is 41.7 Å². The number of hydrogen-bond acceptors (Lipinski definition) is 3. The van der Waals surface area contributed by atoms with Gasteiger partial charge in [0.15, 0.2) is 0 Å². The van der Waals surface area contributed by atoms with Crippen LogP contribution in [0.4, 0.5) is 23.7 Å². The Bertz CT molecular complexity index is 1010. The lowest BCUT2D eigenvalue weighted by molar-refractivity contribution is -0.140. The molecule has 9 heteroatoms. The van der Waals surface area contributed by atoms with Gasteiger partial charge < -0.3 is 10.6 Å². The summed E-state index contributed by atoms with van der Waals surface area (Å²) in [6.45, 7) is 2.53. The summed E-state index contributed by atoms with van der Waals surface area (Å²) in [5, 5.41) is 4.90. The van der Waals surface area contributed by atoms with Gasteiger partial charge in [-0.3, -0.25) is 14.5 Å². The van der Waals surface area contributed by atoms with Gasteiger partial charge in [-0.2, -0.15) is 13.2 Å². The molecule has 30 heavy (non-hydrogen) atoms. The van der Waals surface area contributed by atoms with Gasteiger partial charge in [0.25, 0.3) is 5.91 Å². The molecule has 2 aromatic rings. The highest BCUT2D eigenvalue weighted by Gasteiger charge is 2.52. The number of carbonyl (C=O) groups is 3. The molecule has 0 spiro atoms. The van der Waals surface area contributed by atoms with E-state index in [-0.39, 0.29) is 5.56 Å². The van der Waals surface area contributed by atoms with E-state index >= 15 is 0 Å². The number of amides is 4. The van der Waals surface area contributed by atoms with Crippen LogP contribution in [0.2, 0.25) is 0 Å². The molecule has 1 atom stereocenters. The molecule has 0 aliphatic carbocycles. The van der Waals surface area contributed by atoms with Gasteiger partial charge in [-0.05, 0) is 42.7 Å². The summed E-state index contributed by atoms with van der Waals surface area (Å²) >= 11 is 0. The van der Waals surface area contributed by atoms with Crippen molar-refractivity contribution in [2.75, 3.05) is 11.9 Å². The molecule has 1 fully saturated rings. The predicted octanol–water partition coefficient (Wildman–Crippen LogP) is 3.67. The molecule has 0 radical (unpaired) electrons. The third-order valence-corrected chi connectivity index (χ3v) is 4.97. The van der Waals surface area contributed by atoms with Gasteiger partial charge in [0.05, 0.1) is 5.56 Å². The van der Waals surface area contributed by atoms with Crippen LogP contribution in [0.15, 0.2) is 48.5 Å². The van der Waals surface area contributed by atoms with E-state index in [1.165, 1.54) is 19.1 Å². The molecule has 3 rings (SSSR count). The highest BCUT2D eigenvalue weighted by Crippen LogP contribution is 2.39. The second kappa shape index (κ2) is 7.81. The molecule has 0 aromatic heterocycles. The minimum Gasteiger partial charge on any atom is -0.325 e. The summed E-state index contributed by atoms with van der Waals surface area (Å²) in [4.78, 5) is 38.2. The van der Waals surface area contributed by atoms with E-state index in [4.69, 9.17) is 0 Å². The number of alkyl halides is 3. The van der Waals surface area contributed by atoms with Crippen LogP contribution in [0.5, 0.6) is 0 Å². The molecule has 0 saturated carbocycles. The van der Waals surface area contributed by atoms with Crippen molar-refractivity contribution in [3.05, 3.63) is 65.2 Å². The summed E-state index contributed by atoms with van der Waals surface area (Å²) in [5.41, 5.74) is -1.86. The molecule has 6 nitrogen and oxygen atoms in total. The van der Waals surface area contributed by atoms with E-state index in [1.807, 2.05) is 13.0 Å². The van der Waals surface area contributed by atoms with Crippen molar-refractivity contribution in [1.82, 2.24) is 10.2 Å². The molecule has 4 amide bonds. The monoisotopic (exact) mass is 419 g/mol. The molecular formula is C21H20F3N3O3. The Kier molecular flexibility index (Phi) is 5.56. The zero-order valence-electron chi connectivity index (χ0n) is 16.3. The molecule has 1 aliphatic rings. The standard InChI is InChI=1S/C21H20F3N3O3/c1-3-13-7-6-8-14(11-13)25-17(28)12-27-18(29)20(2,26-19(27)30)15-9-4-5-10-16(15)21(22,23)24/h4-11H,3,12H2,1-2H3,(H,25,28)(H,26,30)/t20-/m0/s1. The van der Waals surface area contributed by atoms with Crippen LogP contribution in [-0.4, -0.2) is 29.3 Å². The lowest BCUT2D eigenvalue weighted by atomic mass is 9.87. The maximum Gasteiger partial charge on any atom is 0.416 e. The van der Waals surface area contributed by atoms with E-state index in [0.717, 1.165) is 24.1 Å². The summed E-state index contributed by atoms with van der Waals surface area (Å²) in [6.07, 6.45) is -3.95. The van der Waals surface area contributed by atoms with E-state index in [2.05, 4.69) is 10.6 Å². The number of aryl methyl sites for hydroxylation is 1. The smallest absolute Gasteiger partial charge is 0.325 e. The second-order valence-electron chi connectivity index (χ2n) is 7.09. The molecule has 1 saturated heterocycles. The van der Waals surface area contributed by atoms with Crippen LogP contribution in [0, 0.1) is 0 Å². The topological polar surface area (TPSA) is 78.5 Å². The first-order valence-corrected chi connectivity index (χ1v) is 9.26. The number of benzene rings is 2. The summed E-state index contributed by atoms with van der Waals surface area (Å²) < 4.78 is 40.2. The lowest BCUT2D eigenvalue weighted by Crippen LogP contribution is -2.43. The number of urea groups is 1. The van der Waals surface area contributed by atoms with Crippen molar-refractivity contribution in [2.24, 2.45) is 0 Å². The van der Waals surface area contributed by atoms with Crippen LogP contribution >= 0.6 is 0 Å². The fourth-order valence-corrected chi connectivity index (χ4v) is 3.40. The van der Waals surface area contributed by atoms with Crippen molar-refractivity contribution in [1.29, 1.82) is 0 Å². The fourth-order valence-electron chi connectivity index (χ4n) is 3.40. The number of anilines is 1. The second-order valence-corrected chi connectivity index (χ2v) is 7.09. The molecule has 1 aliphatic heterocycles. The molecular weight excluding hydrogens is 399 g/mol. The summed E-state index contributed by atoms with van der Waals surface area (Å²) in [6, 6.07) is 10.7. The first-order valence-electron chi connectivity index (χ1n) is 9.26. The number of halogens is 3. The van der Waals surface area contributed by atoms with Crippen LogP contribution in [-0.2, 0) is 27.7 Å². The number of imide groups is 1. The first kappa shape index (κ1) is 21.4. The number of nitrogens with zero attached hydrogens (tertiary/aromatic N) is 1. The van der Waals surface area contributed by atoms with E-state index in [1.54, 1.807) is 18.2 Å². The average molecular weight is 419 g/mol. The third-order valence-electron chi connectivity index (χ3n) is 4.97. The molecule has 1 heterocycles. The Morgan fingerprint density at radius 1 is 1.13 bits per heavy atom. The predicted molar refractivity (Wildman–Crippen MR) is 103 cm³/mol. The largest absolute Gasteiger partial charge is 0.416 e. The number of hydrogen-bond donors (Lipinski definition) is 2. The van der Waals surface area contributed by atoms with Gasteiger partial charge in [-0.15, -0.1) is 0 Å². The summed E-state index contributed by atoms with van der Waals surface area (Å²) in [7, 11) is 0. The minimum atomic E-state index is -4.71. The Morgan fingerprint density at radius 2 is 1.83 bits per heavy atom. The maximum atomic E-state index is 13.4. The van der Waals surface area contributed by atoms with Gasteiger partial charge >= 0.3 is 12.2 Å². The average Bonchev–Trinajstić information content (AvgIpc) is 2.91. The van der Waals surface area contributed by atoms with Crippen LogP contribution in [0.25, 0.3) is 0 Å². The SMILES string of the molecule is CCc1cccc(NC(=O)CN2C(=O)N[C@@](C)(c3ccccc3C(F)(F)F)C2=O)c1. The molecule has 2 aromatic carbocycles. The van der Waals surface area contributed by atoms with Gasteiger partial charge in [0.2, 0.25) is 5.91 Å². The summed E-state index contributed by atoms with van der Waals surface area (Å²) in [5.74, 6) is -1.57. The van der Waals surface area contributed by atoms with Crippen molar-refractivity contribution in [2.45, 2.75) is 32.0 Å². The highest BCUT2D eigenvalue weighted by molar-refractivity contribution is 6.10. The van der Waals surface area contributed by atoms with E-state index in [0.29, 0.717) is 10.6 Å². The van der Waals surface area contributed by atoms with Crippen molar-refractivity contribution < 1.29 is 27.6 Å². The van der Waals surface area contributed by atoms with Gasteiger partial charge in [-0.1, -0.05) is 37.3 Å². The third kappa shape index (κ3) is 4.00. The van der Waals surface area contributed by atoms with Crippen molar-refractivity contribution in [3.8, 4) is 0 Å². The van der Waals surface area contributed by atoms with Gasteiger partial charge in [0, 0.05) is 5.69 Å². The normalized spacial score (nSPS) is 19.0. The minimum absolute atomic E-state index is 0.380. The zero-order chi connectivity index (χ0) is 22.1. The van der Waals surface area contributed by atoms with Crippen LogP contribution < -0.4 is 10.6 Å². The van der Waals surface area contributed by atoms with Crippen molar-refractivity contribution >= 4 is 23.5 Å². The van der Waals surface area contributed by atoms with E-state index in [9.17, 15) is 27.6 Å². The number of rotatable bonds is 5. The Labute approximate surface area is 171 Å². The van der Waals surface area contributed by atoms with Crippen molar-refractivity contribution in [3.63, 3.8) is 0 Å². The molecule has 2 N–H and O–H groups in total. The Morgan fingerprint density at radius 3 is 2.50 bits per heavy atom. The Hall–Kier alpha value is -3.36. The zero-order valence-corrected chi connectivity index (χ0v) is 16.3. The molecule has 158 valence electrons. The first-order chi connectivity index (χ1) is 14.1.